The number of hydrogen-bond donors (Lipinski definition) is 3. The van der Waals surface area contributed by atoms with E-state index in [9.17, 15) is 14.4 Å². The van der Waals surface area contributed by atoms with Crippen molar-refractivity contribution in [2.45, 2.75) is 52.1 Å². The maximum atomic E-state index is 13.8. The lowest BCUT2D eigenvalue weighted by Crippen LogP contribution is -2.44. The van der Waals surface area contributed by atoms with E-state index in [1.54, 1.807) is 27.4 Å². The van der Waals surface area contributed by atoms with Gasteiger partial charge >= 0.3 is 0 Å². The smallest absolute Gasteiger partial charge is 0.242 e. The zero-order valence-electron chi connectivity index (χ0n) is 27.0. The van der Waals surface area contributed by atoms with Gasteiger partial charge in [-0.1, -0.05) is 26.0 Å². The molecule has 3 N–H and O–H groups in total. The third-order valence-corrected chi connectivity index (χ3v) is 8.21. The molecule has 12 heteroatoms. The molecule has 0 spiro atoms. The Morgan fingerprint density at radius 2 is 1.80 bits per heavy atom. The minimum absolute atomic E-state index is 0.138. The van der Waals surface area contributed by atoms with Crippen LogP contribution in [0.15, 0.2) is 53.5 Å². The Morgan fingerprint density at radius 1 is 1.02 bits per heavy atom. The van der Waals surface area contributed by atoms with Crippen molar-refractivity contribution in [3.63, 3.8) is 0 Å². The lowest BCUT2D eigenvalue weighted by molar-refractivity contribution is -0.122. The highest BCUT2D eigenvalue weighted by atomic mass is 16.5. The number of carbonyl (C=O) groups is 2. The van der Waals surface area contributed by atoms with E-state index >= 15 is 0 Å². The van der Waals surface area contributed by atoms with Gasteiger partial charge in [0.05, 0.1) is 33.1 Å². The predicted octanol–water partition coefficient (Wildman–Crippen LogP) is 3.70. The number of hydrogen-bond acceptors (Lipinski definition) is 9. The molecular weight excluding hydrogens is 588 g/mol. The molecule has 1 aliphatic rings. The van der Waals surface area contributed by atoms with Crippen molar-refractivity contribution in [3.8, 4) is 28.4 Å². The number of anilines is 1. The molecule has 2 heterocycles. The van der Waals surface area contributed by atoms with Crippen LogP contribution in [0.25, 0.3) is 16.8 Å². The largest absolute Gasteiger partial charge is 0.493 e. The Hall–Kier alpha value is -5.13. The number of aromatic nitrogens is 3. The van der Waals surface area contributed by atoms with Crippen molar-refractivity contribution in [1.82, 2.24) is 25.2 Å². The second-order valence-corrected chi connectivity index (χ2v) is 11.5. The van der Waals surface area contributed by atoms with Gasteiger partial charge in [-0.25, -0.2) is 0 Å². The number of aryl methyl sites for hydroxylation is 1. The molecule has 2 aromatic carbocycles. The Labute approximate surface area is 267 Å². The van der Waals surface area contributed by atoms with Crippen molar-refractivity contribution in [3.05, 3.63) is 75.8 Å². The van der Waals surface area contributed by atoms with E-state index in [0.29, 0.717) is 54.2 Å². The number of benzene rings is 1. The summed E-state index contributed by atoms with van der Waals surface area (Å²) in [7, 11) is 4.66. The average Bonchev–Trinajstić information content (AvgIpc) is 3.30. The molecule has 0 saturated heterocycles. The number of fused-ring (bicyclic) bond motifs is 4. The molecule has 12 nitrogen and oxygen atoms in total. The van der Waals surface area contributed by atoms with E-state index in [4.69, 9.17) is 14.2 Å². The number of ether oxygens (including phenoxy) is 3. The topological polar surface area (TPSA) is 145 Å². The van der Waals surface area contributed by atoms with Crippen LogP contribution in [0.5, 0.6) is 17.2 Å². The summed E-state index contributed by atoms with van der Waals surface area (Å²) in [5.74, 6) is 1.56. The second kappa shape index (κ2) is 13.9. The van der Waals surface area contributed by atoms with Crippen molar-refractivity contribution in [2.75, 3.05) is 33.2 Å². The fraction of sp³-hybridized carbons (Fsp3) is 0.382. The summed E-state index contributed by atoms with van der Waals surface area (Å²) >= 11 is 0. The lowest BCUT2D eigenvalue weighted by Gasteiger charge is -2.22. The molecule has 1 aliphatic carbocycles. The average molecular weight is 629 g/mol. The normalized spacial score (nSPS) is 14.5. The van der Waals surface area contributed by atoms with Crippen LogP contribution in [0.1, 0.15) is 50.2 Å². The summed E-state index contributed by atoms with van der Waals surface area (Å²) < 4.78 is 19.0. The first-order valence-electron chi connectivity index (χ1n) is 15.3. The molecule has 0 bridgehead atoms. The van der Waals surface area contributed by atoms with E-state index in [1.807, 2.05) is 54.8 Å². The summed E-state index contributed by atoms with van der Waals surface area (Å²) in [6, 6.07) is 11.5. The van der Waals surface area contributed by atoms with Crippen LogP contribution in [0.3, 0.4) is 0 Å². The van der Waals surface area contributed by atoms with Crippen molar-refractivity contribution < 1.29 is 23.8 Å². The summed E-state index contributed by atoms with van der Waals surface area (Å²) in [5, 5.41) is 17.6. The minimum atomic E-state index is -0.692. The van der Waals surface area contributed by atoms with Crippen LogP contribution >= 0.6 is 0 Å². The number of amides is 2. The van der Waals surface area contributed by atoms with Gasteiger partial charge in [0.2, 0.25) is 23.0 Å². The van der Waals surface area contributed by atoms with Crippen LogP contribution < -0.4 is 35.6 Å². The van der Waals surface area contributed by atoms with Crippen molar-refractivity contribution >= 4 is 23.1 Å². The first-order valence-corrected chi connectivity index (χ1v) is 15.3. The quantitative estimate of drug-likeness (QED) is 0.226. The number of nitrogens with zero attached hydrogens (tertiary/aromatic N) is 3. The Morgan fingerprint density at radius 3 is 2.50 bits per heavy atom. The monoisotopic (exact) mass is 628 g/mol. The maximum Gasteiger partial charge on any atom is 0.242 e. The third-order valence-electron chi connectivity index (χ3n) is 8.21. The van der Waals surface area contributed by atoms with E-state index in [2.05, 4.69) is 26.1 Å². The predicted molar refractivity (Wildman–Crippen MR) is 175 cm³/mol. The summed E-state index contributed by atoms with van der Waals surface area (Å²) in [6.45, 7) is 5.63. The molecule has 0 aliphatic heterocycles. The summed E-state index contributed by atoms with van der Waals surface area (Å²) in [4.78, 5) is 39.5. The molecule has 0 radical (unpaired) electrons. The maximum absolute atomic E-state index is 13.8. The Kier molecular flexibility index (Phi) is 9.74. The second-order valence-electron chi connectivity index (χ2n) is 11.5. The fourth-order valence-electron chi connectivity index (χ4n) is 6.00. The summed E-state index contributed by atoms with van der Waals surface area (Å²) in [6.07, 6.45) is 3.51. The third kappa shape index (κ3) is 6.46. The standard InChI is InChI=1S/C34H40N6O6/c1-19(2)31(34(43)35-15-14-29-39-38-28-9-7-8-16-40(28)29)37-25-13-11-22-23(18-26(25)42)24(36-20(3)41)12-10-21-17-27(44-4)32(45-5)33(46-6)30(21)22/h7-9,11,13,16-19,24,31H,10,12,14-15H2,1-6H3,(H,35,43)(H,36,41)(H,37,42)/t24-,31-/m0/s1. The van der Waals surface area contributed by atoms with Gasteiger partial charge in [-0.05, 0) is 65.8 Å². The zero-order valence-corrected chi connectivity index (χ0v) is 27.0. The van der Waals surface area contributed by atoms with Crippen LogP contribution in [-0.2, 0) is 22.4 Å². The van der Waals surface area contributed by atoms with E-state index in [0.717, 1.165) is 22.6 Å². The molecule has 0 saturated carbocycles. The first-order chi connectivity index (χ1) is 22.2. The molecule has 4 aromatic rings. The number of nitrogens with one attached hydrogen (secondary N) is 3. The van der Waals surface area contributed by atoms with Crippen molar-refractivity contribution in [2.24, 2.45) is 5.92 Å². The number of rotatable bonds is 11. The number of methoxy groups -OCH3 is 3. The minimum Gasteiger partial charge on any atom is -0.493 e. The Bertz CT molecular complexity index is 1820. The van der Waals surface area contributed by atoms with Gasteiger partial charge < -0.3 is 30.2 Å². The highest BCUT2D eigenvalue weighted by molar-refractivity contribution is 5.86. The molecule has 0 fully saturated rings. The highest BCUT2D eigenvalue weighted by Gasteiger charge is 2.30. The molecular formula is C34H40N6O6. The Balaban J connectivity index is 1.49. The van der Waals surface area contributed by atoms with E-state index < -0.39 is 12.1 Å². The van der Waals surface area contributed by atoms with Gasteiger partial charge in [-0.15, -0.1) is 10.2 Å². The van der Waals surface area contributed by atoms with E-state index in [1.165, 1.54) is 13.0 Å². The number of pyridine rings is 1. The molecule has 2 amide bonds. The van der Waals surface area contributed by atoms with Gasteiger partial charge in [-0.2, -0.15) is 0 Å². The van der Waals surface area contributed by atoms with Crippen molar-refractivity contribution in [1.29, 1.82) is 0 Å². The van der Waals surface area contributed by atoms with Gasteiger partial charge in [-0.3, -0.25) is 18.8 Å². The fourth-order valence-corrected chi connectivity index (χ4v) is 6.00. The van der Waals surface area contributed by atoms with Gasteiger partial charge in [0.1, 0.15) is 11.9 Å². The van der Waals surface area contributed by atoms with Gasteiger partial charge in [0.25, 0.3) is 0 Å². The zero-order chi connectivity index (χ0) is 33.0. The molecule has 2 aromatic heterocycles. The lowest BCUT2D eigenvalue weighted by atomic mass is 9.95. The highest BCUT2D eigenvalue weighted by Crippen LogP contribution is 2.50. The van der Waals surface area contributed by atoms with Gasteiger partial charge in [0.15, 0.2) is 17.1 Å². The first kappa shape index (κ1) is 32.3. The SMILES string of the molecule is COc1cc2c(c(OC)c1OC)-c1ccc(N[C@H](C(=O)NCCc3nnc4ccccn34)C(C)C)c(=O)cc1[C@@H](NC(C)=O)CC2. The van der Waals surface area contributed by atoms with Crippen LogP contribution in [0.2, 0.25) is 0 Å². The molecule has 242 valence electrons. The summed E-state index contributed by atoms with van der Waals surface area (Å²) in [5.41, 5.74) is 3.72. The molecule has 0 unspecified atom stereocenters. The van der Waals surface area contributed by atoms with E-state index in [-0.39, 0.29) is 28.8 Å². The molecule has 46 heavy (non-hydrogen) atoms. The van der Waals surface area contributed by atoms with Crippen LogP contribution in [-0.4, -0.2) is 60.3 Å². The van der Waals surface area contributed by atoms with Gasteiger partial charge in [0, 0.05) is 31.6 Å². The molecule has 5 rings (SSSR count). The van der Waals surface area contributed by atoms with Crippen LogP contribution in [0, 0.1) is 5.92 Å². The molecule has 2 atom stereocenters. The van der Waals surface area contributed by atoms with Crippen LogP contribution in [0.4, 0.5) is 5.69 Å². The number of carbonyl (C=O) groups excluding carboxylic acids is 2.